The molecule has 0 radical (unpaired) electrons. The Labute approximate surface area is 154 Å². The van der Waals surface area contributed by atoms with E-state index in [4.69, 9.17) is 16.3 Å². The van der Waals surface area contributed by atoms with Crippen LogP contribution in [-0.2, 0) is 17.9 Å². The topological polar surface area (TPSA) is 41.6 Å². The predicted octanol–water partition coefficient (Wildman–Crippen LogP) is 4.21. The molecule has 0 aliphatic carbocycles. The molecule has 0 bridgehead atoms. The Balaban J connectivity index is 1.39. The van der Waals surface area contributed by atoms with E-state index in [1.165, 1.54) is 0 Å². The van der Waals surface area contributed by atoms with Crippen molar-refractivity contribution in [3.63, 3.8) is 0 Å². The highest BCUT2D eigenvalue weighted by Crippen LogP contribution is 2.26. The summed E-state index contributed by atoms with van der Waals surface area (Å²) in [6.45, 7) is 2.33. The Kier molecular flexibility index (Phi) is 5.76. The molecule has 1 fully saturated rings. The largest absolute Gasteiger partial charge is 0.445 e. The third-order valence-electron chi connectivity index (χ3n) is 3.96. The van der Waals surface area contributed by atoms with Crippen LogP contribution in [0.15, 0.2) is 53.0 Å². The smallest absolute Gasteiger partial charge is 0.410 e. The first-order chi connectivity index (χ1) is 11.6. The van der Waals surface area contributed by atoms with Gasteiger partial charge in [0.15, 0.2) is 0 Å². The first kappa shape index (κ1) is 17.3. The summed E-state index contributed by atoms with van der Waals surface area (Å²) in [6, 6.07) is 15.8. The molecule has 3 rings (SSSR count). The summed E-state index contributed by atoms with van der Waals surface area (Å²) in [5.74, 6) is 0. The molecule has 1 aliphatic heterocycles. The van der Waals surface area contributed by atoms with Crippen LogP contribution in [0.5, 0.6) is 0 Å². The second-order valence-electron chi connectivity index (χ2n) is 5.74. The van der Waals surface area contributed by atoms with E-state index in [2.05, 4.69) is 21.2 Å². The highest BCUT2D eigenvalue weighted by atomic mass is 79.9. The normalized spacial score (nSPS) is 14.3. The van der Waals surface area contributed by atoms with E-state index in [9.17, 15) is 4.79 Å². The zero-order chi connectivity index (χ0) is 16.9. The Morgan fingerprint density at radius 1 is 1.21 bits per heavy atom. The third-order valence-corrected chi connectivity index (χ3v) is 5.44. The van der Waals surface area contributed by atoms with Gasteiger partial charge in [0.25, 0.3) is 0 Å². The number of likely N-dealkylation sites (tertiary alicyclic amines) is 1. The Hall–Kier alpha value is -1.56. The van der Waals surface area contributed by atoms with Gasteiger partial charge in [-0.3, -0.25) is 0 Å². The lowest BCUT2D eigenvalue weighted by Crippen LogP contribution is -2.59. The van der Waals surface area contributed by atoms with Gasteiger partial charge in [0.05, 0.1) is 5.02 Å². The van der Waals surface area contributed by atoms with Crippen LogP contribution in [0.3, 0.4) is 0 Å². The van der Waals surface area contributed by atoms with E-state index >= 15 is 0 Å². The highest BCUT2D eigenvalue weighted by Gasteiger charge is 2.31. The van der Waals surface area contributed by atoms with Crippen molar-refractivity contribution in [1.82, 2.24) is 10.2 Å². The average Bonchev–Trinajstić information content (AvgIpc) is 2.56. The molecule has 0 saturated carbocycles. The van der Waals surface area contributed by atoms with Gasteiger partial charge in [-0.2, -0.15) is 0 Å². The number of hydrogen-bond donors (Lipinski definition) is 1. The van der Waals surface area contributed by atoms with Crippen LogP contribution < -0.4 is 5.32 Å². The number of ether oxygens (including phenoxy) is 1. The molecule has 4 nitrogen and oxygen atoms in total. The van der Waals surface area contributed by atoms with Crippen LogP contribution in [-0.4, -0.2) is 30.1 Å². The first-order valence-electron chi connectivity index (χ1n) is 7.75. The van der Waals surface area contributed by atoms with Gasteiger partial charge in [-0.1, -0.05) is 54.1 Å². The molecule has 0 unspecified atom stereocenters. The van der Waals surface area contributed by atoms with Gasteiger partial charge in [0.1, 0.15) is 6.61 Å². The zero-order valence-corrected chi connectivity index (χ0v) is 15.4. The van der Waals surface area contributed by atoms with E-state index in [0.717, 1.165) is 15.6 Å². The maximum atomic E-state index is 12.0. The number of hydrogen-bond acceptors (Lipinski definition) is 3. The van der Waals surface area contributed by atoms with Crippen molar-refractivity contribution in [2.45, 2.75) is 19.2 Å². The van der Waals surface area contributed by atoms with E-state index in [1.54, 1.807) is 4.90 Å². The maximum Gasteiger partial charge on any atom is 0.410 e. The molecule has 1 amide bonds. The number of carbonyl (C=O) groups is 1. The third kappa shape index (κ3) is 4.29. The van der Waals surface area contributed by atoms with Crippen molar-refractivity contribution >= 4 is 33.6 Å². The molecule has 1 N–H and O–H groups in total. The molecular weight excluding hydrogens is 392 g/mol. The second kappa shape index (κ2) is 8.01. The molecule has 0 atom stereocenters. The quantitative estimate of drug-likeness (QED) is 0.804. The minimum atomic E-state index is -0.263. The van der Waals surface area contributed by atoms with Crippen molar-refractivity contribution in [1.29, 1.82) is 0 Å². The first-order valence-corrected chi connectivity index (χ1v) is 8.92. The van der Waals surface area contributed by atoms with E-state index in [0.29, 0.717) is 31.3 Å². The summed E-state index contributed by atoms with van der Waals surface area (Å²) in [6.07, 6.45) is -0.263. The van der Waals surface area contributed by atoms with Crippen molar-refractivity contribution in [3.05, 3.63) is 69.2 Å². The van der Waals surface area contributed by atoms with E-state index in [-0.39, 0.29) is 12.1 Å². The number of carbonyl (C=O) groups excluding carboxylic acids is 1. The molecular formula is C18H18BrClN2O2. The maximum absolute atomic E-state index is 12.0. The number of halogens is 2. The fourth-order valence-corrected chi connectivity index (χ4v) is 3.11. The number of rotatable bonds is 5. The summed E-state index contributed by atoms with van der Waals surface area (Å²) in [5, 5.41) is 4.13. The number of amides is 1. The molecule has 1 heterocycles. The number of nitrogens with zero attached hydrogens (tertiary/aromatic N) is 1. The standard InChI is InChI=1S/C18H18BrClN2O2/c19-17-14(7-4-8-16(17)20)9-21-15-10-22(11-15)18(23)24-12-13-5-2-1-3-6-13/h1-8,15,21H,9-12H2. The molecule has 126 valence electrons. The molecule has 6 heteroatoms. The van der Waals surface area contributed by atoms with Crippen molar-refractivity contribution in [2.24, 2.45) is 0 Å². The summed E-state index contributed by atoms with van der Waals surface area (Å²) in [4.78, 5) is 13.7. The number of nitrogens with one attached hydrogen (secondary N) is 1. The van der Waals surface area contributed by atoms with Gasteiger partial charge in [-0.05, 0) is 33.1 Å². The Morgan fingerprint density at radius 3 is 2.71 bits per heavy atom. The summed E-state index contributed by atoms with van der Waals surface area (Å²) >= 11 is 9.57. The van der Waals surface area contributed by atoms with Gasteiger partial charge in [0, 0.05) is 30.1 Å². The van der Waals surface area contributed by atoms with Crippen LogP contribution in [0.2, 0.25) is 5.02 Å². The lowest BCUT2D eigenvalue weighted by molar-refractivity contribution is 0.0600. The predicted molar refractivity (Wildman–Crippen MR) is 98.0 cm³/mol. The van der Waals surface area contributed by atoms with Crippen molar-refractivity contribution < 1.29 is 9.53 Å². The van der Waals surface area contributed by atoms with Crippen LogP contribution in [0.4, 0.5) is 4.79 Å². The minimum absolute atomic E-state index is 0.263. The average molecular weight is 410 g/mol. The zero-order valence-electron chi connectivity index (χ0n) is 13.0. The SMILES string of the molecule is O=C(OCc1ccccc1)N1CC(NCc2cccc(Cl)c2Br)C1. The number of benzene rings is 2. The highest BCUT2D eigenvalue weighted by molar-refractivity contribution is 9.10. The van der Waals surface area contributed by atoms with Crippen molar-refractivity contribution in [2.75, 3.05) is 13.1 Å². The van der Waals surface area contributed by atoms with Gasteiger partial charge < -0.3 is 15.0 Å². The molecule has 2 aromatic carbocycles. The Morgan fingerprint density at radius 2 is 1.96 bits per heavy atom. The molecule has 1 saturated heterocycles. The van der Waals surface area contributed by atoms with Crippen LogP contribution >= 0.6 is 27.5 Å². The van der Waals surface area contributed by atoms with E-state index < -0.39 is 0 Å². The van der Waals surface area contributed by atoms with Crippen molar-refractivity contribution in [3.8, 4) is 0 Å². The van der Waals surface area contributed by atoms with E-state index in [1.807, 2.05) is 48.5 Å². The molecule has 24 heavy (non-hydrogen) atoms. The molecule has 0 spiro atoms. The lowest BCUT2D eigenvalue weighted by Gasteiger charge is -2.38. The van der Waals surface area contributed by atoms with Gasteiger partial charge in [-0.25, -0.2) is 4.79 Å². The minimum Gasteiger partial charge on any atom is -0.445 e. The summed E-state index contributed by atoms with van der Waals surface area (Å²) < 4.78 is 6.23. The monoisotopic (exact) mass is 408 g/mol. The van der Waals surface area contributed by atoms with Crippen LogP contribution in [0, 0.1) is 0 Å². The van der Waals surface area contributed by atoms with Crippen LogP contribution in [0.25, 0.3) is 0 Å². The summed E-state index contributed by atoms with van der Waals surface area (Å²) in [7, 11) is 0. The second-order valence-corrected chi connectivity index (χ2v) is 6.94. The summed E-state index contributed by atoms with van der Waals surface area (Å²) in [5.41, 5.74) is 2.10. The fraction of sp³-hybridized carbons (Fsp3) is 0.278. The van der Waals surface area contributed by atoms with Gasteiger partial charge in [0.2, 0.25) is 0 Å². The molecule has 2 aromatic rings. The molecule has 1 aliphatic rings. The van der Waals surface area contributed by atoms with Gasteiger partial charge >= 0.3 is 6.09 Å². The lowest BCUT2D eigenvalue weighted by atomic mass is 10.1. The van der Waals surface area contributed by atoms with Gasteiger partial charge in [-0.15, -0.1) is 0 Å². The fourth-order valence-electron chi connectivity index (χ4n) is 2.51. The molecule has 0 aromatic heterocycles. The van der Waals surface area contributed by atoms with Crippen LogP contribution in [0.1, 0.15) is 11.1 Å². The Bertz CT molecular complexity index is 705.